The van der Waals surface area contributed by atoms with Crippen LogP contribution in [-0.4, -0.2) is 55.8 Å². The summed E-state index contributed by atoms with van der Waals surface area (Å²) in [6.07, 6.45) is 2.63. The Kier molecular flexibility index (Phi) is 10.1. The van der Waals surface area contributed by atoms with E-state index in [1.54, 1.807) is 13.8 Å². The number of imide groups is 1. The van der Waals surface area contributed by atoms with E-state index in [-0.39, 0.29) is 34.6 Å². The first-order chi connectivity index (χ1) is 18.3. The van der Waals surface area contributed by atoms with E-state index in [2.05, 4.69) is 55.0 Å². The number of anilines is 1. The fourth-order valence-electron chi connectivity index (χ4n) is 5.69. The highest BCUT2D eigenvalue weighted by molar-refractivity contribution is 9.10. The number of rotatable bonds is 9. The highest BCUT2D eigenvalue weighted by Crippen LogP contribution is 2.48. The molecule has 0 atom stereocenters. The molecule has 0 bridgehead atoms. The number of carbonyl (C=O) groups excluding carboxylic acids is 3. The van der Waals surface area contributed by atoms with Gasteiger partial charge in [0.05, 0.1) is 23.1 Å². The number of nitrogens with zero attached hydrogens (tertiary/aromatic N) is 1. The second kappa shape index (κ2) is 12.7. The van der Waals surface area contributed by atoms with Crippen LogP contribution in [0.3, 0.4) is 0 Å². The number of nitrogens with one attached hydrogen (secondary N) is 1. The summed E-state index contributed by atoms with van der Waals surface area (Å²) in [4.78, 5) is 39.4. The van der Waals surface area contributed by atoms with E-state index in [9.17, 15) is 14.4 Å². The minimum atomic E-state index is -0.735. The second-order valence-electron chi connectivity index (χ2n) is 11.4. The number of benzene rings is 1. The smallest absolute Gasteiger partial charge is 0.416 e. The van der Waals surface area contributed by atoms with Crippen LogP contribution in [-0.2, 0) is 14.3 Å². The van der Waals surface area contributed by atoms with Crippen LogP contribution in [0.4, 0.5) is 10.5 Å². The molecule has 3 rings (SSSR count). The largest absolute Gasteiger partial charge is 0.481 e. The van der Waals surface area contributed by atoms with Crippen molar-refractivity contribution >= 4 is 50.9 Å². The standard InChI is InChI=1S/C29H39BrN2O6S/c1-8-32(27(35)37-9-2)21(33)16-38-23-22(30)24(39-25(23)26(34)36-7)18-11-10-12-19(13-18)31-20-14-28(3,4)17-29(5,6)15-20/h10-13,20,31H,8-9,14-17H2,1-7H3. The summed E-state index contributed by atoms with van der Waals surface area (Å²) < 4.78 is 16.3. The van der Waals surface area contributed by atoms with Gasteiger partial charge in [0.25, 0.3) is 5.91 Å². The maximum atomic E-state index is 12.7. The van der Waals surface area contributed by atoms with Crippen molar-refractivity contribution in [2.75, 3.05) is 32.2 Å². The molecule has 1 aromatic carbocycles. The maximum Gasteiger partial charge on any atom is 0.416 e. The van der Waals surface area contributed by atoms with Crippen LogP contribution in [0.25, 0.3) is 10.4 Å². The Hall–Kier alpha value is -2.59. The number of methoxy groups -OCH3 is 1. The van der Waals surface area contributed by atoms with E-state index < -0.39 is 24.6 Å². The lowest BCUT2D eigenvalue weighted by atomic mass is 9.63. The van der Waals surface area contributed by atoms with Crippen LogP contribution in [0.15, 0.2) is 28.7 Å². The Labute approximate surface area is 243 Å². The van der Waals surface area contributed by atoms with E-state index in [4.69, 9.17) is 14.2 Å². The molecule has 1 saturated carbocycles. The zero-order valence-electron chi connectivity index (χ0n) is 23.8. The Morgan fingerprint density at radius 3 is 2.38 bits per heavy atom. The van der Waals surface area contributed by atoms with Crippen molar-refractivity contribution in [2.45, 2.75) is 66.8 Å². The van der Waals surface area contributed by atoms with Crippen molar-refractivity contribution in [1.82, 2.24) is 4.90 Å². The first-order valence-electron chi connectivity index (χ1n) is 13.2. The molecule has 0 aliphatic heterocycles. The molecule has 2 amide bonds. The normalized spacial score (nSPS) is 16.3. The highest BCUT2D eigenvalue weighted by Gasteiger charge is 2.38. The van der Waals surface area contributed by atoms with Gasteiger partial charge in [0.15, 0.2) is 17.2 Å². The average Bonchev–Trinajstić information content (AvgIpc) is 3.17. The molecule has 0 saturated heterocycles. The van der Waals surface area contributed by atoms with Crippen molar-refractivity contribution in [3.63, 3.8) is 0 Å². The molecule has 10 heteroatoms. The maximum absolute atomic E-state index is 12.7. The molecule has 8 nitrogen and oxygen atoms in total. The third-order valence-electron chi connectivity index (χ3n) is 6.68. The molecule has 214 valence electrons. The van der Waals surface area contributed by atoms with Crippen molar-refractivity contribution < 1.29 is 28.6 Å². The molecule has 1 aromatic heterocycles. The van der Waals surface area contributed by atoms with Crippen molar-refractivity contribution in [1.29, 1.82) is 0 Å². The number of ether oxygens (including phenoxy) is 3. The highest BCUT2D eigenvalue weighted by atomic mass is 79.9. The molecule has 1 N–H and O–H groups in total. The molecule has 2 aromatic rings. The predicted molar refractivity (Wildman–Crippen MR) is 158 cm³/mol. The average molecular weight is 624 g/mol. The van der Waals surface area contributed by atoms with Gasteiger partial charge in [0.1, 0.15) is 0 Å². The van der Waals surface area contributed by atoms with Crippen molar-refractivity contribution in [2.24, 2.45) is 10.8 Å². The summed E-state index contributed by atoms with van der Waals surface area (Å²) in [5.74, 6) is -0.951. The Morgan fingerprint density at radius 1 is 1.13 bits per heavy atom. The minimum absolute atomic E-state index is 0.135. The molecule has 0 radical (unpaired) electrons. The van der Waals surface area contributed by atoms with Crippen molar-refractivity contribution in [3.8, 4) is 16.2 Å². The molecule has 1 fully saturated rings. The fraction of sp³-hybridized carbons (Fsp3) is 0.552. The Morgan fingerprint density at radius 2 is 1.79 bits per heavy atom. The summed E-state index contributed by atoms with van der Waals surface area (Å²) in [7, 11) is 1.29. The minimum Gasteiger partial charge on any atom is -0.481 e. The van der Waals surface area contributed by atoms with Crippen LogP contribution >= 0.6 is 27.3 Å². The van der Waals surface area contributed by atoms with E-state index in [1.165, 1.54) is 24.9 Å². The summed E-state index contributed by atoms with van der Waals surface area (Å²) in [6, 6.07) is 8.39. The van der Waals surface area contributed by atoms with Crippen LogP contribution in [0.1, 0.15) is 70.5 Å². The molecule has 0 spiro atoms. The lowest BCUT2D eigenvalue weighted by Crippen LogP contribution is -2.40. The van der Waals surface area contributed by atoms with Crippen LogP contribution in [0.2, 0.25) is 0 Å². The molecule has 1 heterocycles. The number of halogens is 1. The van der Waals surface area contributed by atoms with Gasteiger partial charge < -0.3 is 19.5 Å². The predicted octanol–water partition coefficient (Wildman–Crippen LogP) is 7.36. The molecule has 1 aliphatic carbocycles. The van der Waals surface area contributed by atoms with Gasteiger partial charge in [-0.05, 0) is 77.6 Å². The SMILES string of the molecule is CCOC(=O)N(CC)C(=O)COc1c(C(=O)OC)sc(-c2cccc(NC3CC(C)(C)CC(C)(C)C3)c2)c1Br. The zero-order valence-corrected chi connectivity index (χ0v) is 26.2. The Bertz CT molecular complexity index is 1190. The monoisotopic (exact) mass is 622 g/mol. The molecule has 0 unspecified atom stereocenters. The van der Waals surface area contributed by atoms with Gasteiger partial charge in [0, 0.05) is 18.3 Å². The van der Waals surface area contributed by atoms with Gasteiger partial charge in [0.2, 0.25) is 0 Å². The number of hydrogen-bond acceptors (Lipinski definition) is 8. The van der Waals surface area contributed by atoms with Gasteiger partial charge >= 0.3 is 12.1 Å². The lowest BCUT2D eigenvalue weighted by molar-refractivity contribution is -0.131. The number of amides is 2. The number of thiophene rings is 1. The molecule has 39 heavy (non-hydrogen) atoms. The Balaban J connectivity index is 1.86. The molecule has 1 aliphatic rings. The topological polar surface area (TPSA) is 94.2 Å². The zero-order chi connectivity index (χ0) is 29.0. The first kappa shape index (κ1) is 30.9. The van der Waals surface area contributed by atoms with E-state index in [0.29, 0.717) is 10.5 Å². The third-order valence-corrected chi connectivity index (χ3v) is 8.90. The van der Waals surface area contributed by atoms with Crippen LogP contribution in [0, 0.1) is 10.8 Å². The van der Waals surface area contributed by atoms with Crippen LogP contribution < -0.4 is 10.1 Å². The molecular weight excluding hydrogens is 584 g/mol. The third kappa shape index (κ3) is 7.75. The lowest BCUT2D eigenvalue weighted by Gasteiger charge is -2.45. The summed E-state index contributed by atoms with van der Waals surface area (Å²) >= 11 is 4.80. The number of esters is 1. The van der Waals surface area contributed by atoms with E-state index >= 15 is 0 Å². The second-order valence-corrected chi connectivity index (χ2v) is 13.2. The number of hydrogen-bond donors (Lipinski definition) is 1. The van der Waals surface area contributed by atoms with E-state index in [1.807, 2.05) is 18.2 Å². The quantitative estimate of drug-likeness (QED) is 0.292. The number of carbonyl (C=O) groups is 3. The number of likely N-dealkylation sites (N-methyl/N-ethyl adjacent to an activating group) is 1. The van der Waals surface area contributed by atoms with Gasteiger partial charge in [-0.3, -0.25) is 4.79 Å². The summed E-state index contributed by atoms with van der Waals surface area (Å²) in [5, 5.41) is 3.73. The fourth-order valence-corrected chi connectivity index (χ4v) is 7.66. The molecular formula is C29H39BrN2O6S. The summed E-state index contributed by atoms with van der Waals surface area (Å²) in [6.45, 7) is 12.5. The van der Waals surface area contributed by atoms with Gasteiger partial charge in [-0.25, -0.2) is 14.5 Å². The first-order valence-corrected chi connectivity index (χ1v) is 14.8. The summed E-state index contributed by atoms with van der Waals surface area (Å²) in [5.41, 5.74) is 2.40. The van der Waals surface area contributed by atoms with Gasteiger partial charge in [-0.15, -0.1) is 11.3 Å². The van der Waals surface area contributed by atoms with Gasteiger partial charge in [-0.1, -0.05) is 39.8 Å². The van der Waals surface area contributed by atoms with Crippen molar-refractivity contribution in [3.05, 3.63) is 33.6 Å². The van der Waals surface area contributed by atoms with E-state index in [0.717, 1.165) is 33.9 Å². The van der Waals surface area contributed by atoms with Crippen LogP contribution in [0.5, 0.6) is 5.75 Å². The van der Waals surface area contributed by atoms with Gasteiger partial charge in [-0.2, -0.15) is 0 Å².